The highest BCUT2D eigenvalue weighted by atomic mass is 16.5. The van der Waals surface area contributed by atoms with Crippen LogP contribution in [0.2, 0.25) is 0 Å². The van der Waals surface area contributed by atoms with Gasteiger partial charge in [-0.15, -0.1) is 0 Å². The Bertz CT molecular complexity index is 1150. The van der Waals surface area contributed by atoms with E-state index in [-0.39, 0.29) is 12.5 Å². The second-order valence-electron chi connectivity index (χ2n) is 7.34. The van der Waals surface area contributed by atoms with Gasteiger partial charge in [0.1, 0.15) is 11.3 Å². The average molecular weight is 400 g/mol. The lowest BCUT2D eigenvalue weighted by molar-refractivity contribution is -0.118. The van der Waals surface area contributed by atoms with Gasteiger partial charge in [0, 0.05) is 11.3 Å². The van der Waals surface area contributed by atoms with Crippen LogP contribution in [-0.4, -0.2) is 17.5 Å². The summed E-state index contributed by atoms with van der Waals surface area (Å²) in [5.41, 5.74) is 6.61. The number of amides is 1. The first-order valence-corrected chi connectivity index (χ1v) is 10.0. The number of nitrogens with zero attached hydrogens (tertiary/aromatic N) is 1. The van der Waals surface area contributed by atoms with Gasteiger partial charge in [0.2, 0.25) is 5.89 Å². The molecule has 0 aliphatic heterocycles. The maximum absolute atomic E-state index is 12.3. The molecule has 152 valence electrons. The van der Waals surface area contributed by atoms with Crippen molar-refractivity contribution in [3.63, 3.8) is 0 Å². The van der Waals surface area contributed by atoms with Gasteiger partial charge in [0.05, 0.1) is 0 Å². The summed E-state index contributed by atoms with van der Waals surface area (Å²) in [5.74, 6) is 0.974. The van der Waals surface area contributed by atoms with E-state index in [1.54, 1.807) is 0 Å². The van der Waals surface area contributed by atoms with Crippen molar-refractivity contribution < 1.29 is 13.9 Å². The number of benzene rings is 3. The average Bonchev–Trinajstić information content (AvgIpc) is 3.16. The molecule has 1 heterocycles. The lowest BCUT2D eigenvalue weighted by Gasteiger charge is -2.08. The molecule has 0 aliphatic rings. The molecule has 30 heavy (non-hydrogen) atoms. The zero-order chi connectivity index (χ0) is 21.1. The molecule has 1 aromatic heterocycles. The fraction of sp³-hybridized carbons (Fsp3) is 0.200. The third-order valence-corrected chi connectivity index (χ3v) is 5.10. The van der Waals surface area contributed by atoms with Crippen molar-refractivity contribution in [1.29, 1.82) is 0 Å². The molecule has 0 unspecified atom stereocenters. The molecule has 0 spiro atoms. The largest absolute Gasteiger partial charge is 0.484 e. The minimum Gasteiger partial charge on any atom is -0.484 e. The summed E-state index contributed by atoms with van der Waals surface area (Å²) in [7, 11) is 0. The number of aromatic nitrogens is 1. The second kappa shape index (κ2) is 8.41. The minimum atomic E-state index is -0.226. The molecule has 5 heteroatoms. The van der Waals surface area contributed by atoms with E-state index < -0.39 is 0 Å². The maximum Gasteiger partial charge on any atom is 0.262 e. The summed E-state index contributed by atoms with van der Waals surface area (Å²) in [6.45, 7) is 6.14. The standard InChI is InChI=1S/C25H24N2O3/c1-4-18-8-10-21(11-9-18)29-15-24(28)26-20-7-5-6-19(14-20)25-27-22-12-16(2)17(3)13-23(22)30-25/h5-14H,4,15H2,1-3H3,(H,26,28). The zero-order valence-corrected chi connectivity index (χ0v) is 17.4. The predicted octanol–water partition coefficient (Wildman–Crippen LogP) is 5.69. The van der Waals surface area contributed by atoms with Crippen LogP contribution in [0, 0.1) is 13.8 Å². The van der Waals surface area contributed by atoms with Gasteiger partial charge in [-0.2, -0.15) is 0 Å². The monoisotopic (exact) mass is 400 g/mol. The molecule has 3 aromatic carbocycles. The van der Waals surface area contributed by atoms with Crippen molar-refractivity contribution in [3.05, 3.63) is 77.4 Å². The molecule has 4 rings (SSSR count). The van der Waals surface area contributed by atoms with Crippen molar-refractivity contribution >= 4 is 22.7 Å². The molecule has 5 nitrogen and oxygen atoms in total. The highest BCUT2D eigenvalue weighted by molar-refractivity contribution is 5.92. The van der Waals surface area contributed by atoms with E-state index in [2.05, 4.69) is 24.1 Å². The van der Waals surface area contributed by atoms with Crippen LogP contribution in [0.15, 0.2) is 65.1 Å². The number of carbonyl (C=O) groups is 1. The Balaban J connectivity index is 1.44. The third kappa shape index (κ3) is 4.35. The molecule has 0 aliphatic carbocycles. The fourth-order valence-electron chi connectivity index (χ4n) is 3.20. The zero-order valence-electron chi connectivity index (χ0n) is 17.4. The van der Waals surface area contributed by atoms with Crippen molar-refractivity contribution in [2.45, 2.75) is 27.2 Å². The molecule has 0 fully saturated rings. The molecule has 1 amide bonds. The van der Waals surface area contributed by atoms with E-state index in [1.165, 1.54) is 11.1 Å². The third-order valence-electron chi connectivity index (χ3n) is 5.10. The number of hydrogen-bond donors (Lipinski definition) is 1. The molecule has 4 aromatic rings. The molecule has 0 bridgehead atoms. The number of oxazole rings is 1. The normalized spacial score (nSPS) is 10.9. The van der Waals surface area contributed by atoms with Gasteiger partial charge in [-0.25, -0.2) is 4.98 Å². The van der Waals surface area contributed by atoms with Crippen LogP contribution in [0.25, 0.3) is 22.6 Å². The first kappa shape index (κ1) is 19.7. The van der Waals surface area contributed by atoms with Crippen LogP contribution < -0.4 is 10.1 Å². The Labute approximate surface area is 175 Å². The van der Waals surface area contributed by atoms with Crippen molar-refractivity contribution in [2.75, 3.05) is 11.9 Å². The first-order chi connectivity index (χ1) is 14.5. The van der Waals surface area contributed by atoms with Gasteiger partial charge in [-0.1, -0.05) is 25.1 Å². The number of anilines is 1. The number of rotatable bonds is 6. The van der Waals surface area contributed by atoms with Gasteiger partial charge in [-0.05, 0) is 79.4 Å². The Hall–Kier alpha value is -3.60. The summed E-state index contributed by atoms with van der Waals surface area (Å²) in [4.78, 5) is 16.9. The van der Waals surface area contributed by atoms with E-state index in [9.17, 15) is 4.79 Å². The summed E-state index contributed by atoms with van der Waals surface area (Å²) in [6.07, 6.45) is 0.969. The van der Waals surface area contributed by atoms with Gasteiger partial charge in [0.15, 0.2) is 12.2 Å². The molecule has 0 saturated heterocycles. The number of nitrogens with one attached hydrogen (secondary N) is 1. The number of hydrogen-bond acceptors (Lipinski definition) is 4. The Morgan fingerprint density at radius 2 is 1.80 bits per heavy atom. The van der Waals surface area contributed by atoms with Crippen LogP contribution in [-0.2, 0) is 11.2 Å². The Morgan fingerprint density at radius 3 is 2.57 bits per heavy atom. The first-order valence-electron chi connectivity index (χ1n) is 10.0. The van der Waals surface area contributed by atoms with Crippen molar-refractivity contribution in [3.8, 4) is 17.2 Å². The highest BCUT2D eigenvalue weighted by Crippen LogP contribution is 2.28. The molecular formula is C25H24N2O3. The van der Waals surface area contributed by atoms with Crippen molar-refractivity contribution in [2.24, 2.45) is 0 Å². The molecule has 1 N–H and O–H groups in total. The van der Waals surface area contributed by atoms with E-state index in [0.717, 1.165) is 28.6 Å². The van der Waals surface area contributed by atoms with Crippen LogP contribution in [0.1, 0.15) is 23.6 Å². The van der Waals surface area contributed by atoms with Crippen LogP contribution >= 0.6 is 0 Å². The van der Waals surface area contributed by atoms with E-state index >= 15 is 0 Å². The number of carbonyl (C=O) groups excluding carboxylic acids is 1. The molecule has 0 saturated carbocycles. The smallest absolute Gasteiger partial charge is 0.262 e. The van der Waals surface area contributed by atoms with Gasteiger partial charge in [0.25, 0.3) is 5.91 Å². The van der Waals surface area contributed by atoms with Crippen LogP contribution in [0.3, 0.4) is 0 Å². The van der Waals surface area contributed by atoms with Crippen LogP contribution in [0.4, 0.5) is 5.69 Å². The number of ether oxygens (including phenoxy) is 1. The van der Waals surface area contributed by atoms with Crippen LogP contribution in [0.5, 0.6) is 5.75 Å². The lowest BCUT2D eigenvalue weighted by atomic mass is 10.1. The molecular weight excluding hydrogens is 376 g/mol. The summed E-state index contributed by atoms with van der Waals surface area (Å²) in [5, 5.41) is 2.86. The Kier molecular flexibility index (Phi) is 5.53. The van der Waals surface area contributed by atoms with Crippen molar-refractivity contribution in [1.82, 2.24) is 4.98 Å². The highest BCUT2D eigenvalue weighted by Gasteiger charge is 2.11. The van der Waals surface area contributed by atoms with E-state index in [1.807, 2.05) is 67.6 Å². The van der Waals surface area contributed by atoms with Gasteiger partial charge >= 0.3 is 0 Å². The summed E-state index contributed by atoms with van der Waals surface area (Å²) in [6, 6.07) is 19.2. The second-order valence-corrected chi connectivity index (χ2v) is 7.34. The van der Waals surface area contributed by atoms with Gasteiger partial charge in [-0.3, -0.25) is 4.79 Å². The molecule has 0 radical (unpaired) electrons. The number of fused-ring (bicyclic) bond motifs is 1. The van der Waals surface area contributed by atoms with Gasteiger partial charge < -0.3 is 14.5 Å². The lowest BCUT2D eigenvalue weighted by Crippen LogP contribution is -2.20. The predicted molar refractivity (Wildman–Crippen MR) is 119 cm³/mol. The summed E-state index contributed by atoms with van der Waals surface area (Å²) >= 11 is 0. The summed E-state index contributed by atoms with van der Waals surface area (Å²) < 4.78 is 11.5. The topological polar surface area (TPSA) is 64.4 Å². The fourth-order valence-corrected chi connectivity index (χ4v) is 3.20. The van der Waals surface area contributed by atoms with E-state index in [0.29, 0.717) is 17.3 Å². The Morgan fingerprint density at radius 1 is 1.03 bits per heavy atom. The number of aryl methyl sites for hydroxylation is 3. The quantitative estimate of drug-likeness (QED) is 0.451. The maximum atomic E-state index is 12.3. The van der Waals surface area contributed by atoms with E-state index in [4.69, 9.17) is 9.15 Å². The SMILES string of the molecule is CCc1ccc(OCC(=O)Nc2cccc(-c3nc4cc(C)c(C)cc4o3)c2)cc1. The molecule has 0 atom stereocenters. The minimum absolute atomic E-state index is 0.0584.